The lowest BCUT2D eigenvalue weighted by Crippen LogP contribution is -2.47. The van der Waals surface area contributed by atoms with Gasteiger partial charge < -0.3 is 16.0 Å². The molecule has 0 aliphatic heterocycles. The molecular formula is C28H37N5O. The maximum absolute atomic E-state index is 12.7. The number of aromatic nitrogens is 1. The van der Waals surface area contributed by atoms with Crippen LogP contribution < -0.4 is 20.9 Å². The Hall–Kier alpha value is -3.28. The lowest BCUT2D eigenvalue weighted by Gasteiger charge is -2.38. The minimum atomic E-state index is -0.348. The molecule has 34 heavy (non-hydrogen) atoms. The first kappa shape index (κ1) is 23.9. The summed E-state index contributed by atoms with van der Waals surface area (Å²) in [5.41, 5.74) is 11.5. The van der Waals surface area contributed by atoms with E-state index in [1.54, 1.807) is 0 Å². The summed E-state index contributed by atoms with van der Waals surface area (Å²) in [5, 5.41) is 4.82. The van der Waals surface area contributed by atoms with Crippen LogP contribution in [0.25, 0.3) is 10.9 Å². The van der Waals surface area contributed by atoms with Crippen LogP contribution in [0.15, 0.2) is 48.5 Å². The molecule has 1 aliphatic carbocycles. The summed E-state index contributed by atoms with van der Waals surface area (Å²) in [7, 11) is 4.13. The van der Waals surface area contributed by atoms with E-state index < -0.39 is 0 Å². The zero-order valence-corrected chi connectivity index (χ0v) is 20.8. The van der Waals surface area contributed by atoms with Crippen molar-refractivity contribution in [3.05, 3.63) is 59.7 Å². The molecule has 3 aromatic rings. The first-order valence-corrected chi connectivity index (χ1v) is 12.5. The van der Waals surface area contributed by atoms with E-state index >= 15 is 0 Å². The van der Waals surface area contributed by atoms with Gasteiger partial charge in [0.2, 0.25) is 0 Å². The number of pyridine rings is 1. The molecule has 4 rings (SSSR count). The van der Waals surface area contributed by atoms with Crippen LogP contribution in [0.1, 0.15) is 50.7 Å². The summed E-state index contributed by atoms with van der Waals surface area (Å²) in [5.74, 6) is 0.905. The summed E-state index contributed by atoms with van der Waals surface area (Å²) in [4.78, 5) is 21.5. The van der Waals surface area contributed by atoms with Gasteiger partial charge in [-0.05, 0) is 55.7 Å². The number of hydrogen-bond donors (Lipinski definition) is 2. The van der Waals surface area contributed by atoms with E-state index in [9.17, 15) is 4.79 Å². The molecule has 0 spiro atoms. The van der Waals surface area contributed by atoms with Gasteiger partial charge in [-0.15, -0.1) is 0 Å². The summed E-state index contributed by atoms with van der Waals surface area (Å²) < 4.78 is 0. The van der Waals surface area contributed by atoms with E-state index in [-0.39, 0.29) is 12.1 Å². The second-order valence-corrected chi connectivity index (χ2v) is 9.43. The van der Waals surface area contributed by atoms with E-state index in [1.807, 2.05) is 11.0 Å². The Balaban J connectivity index is 1.52. The number of aryl methyl sites for hydroxylation is 2. The van der Waals surface area contributed by atoms with Gasteiger partial charge in [-0.3, -0.25) is 4.90 Å². The van der Waals surface area contributed by atoms with Crippen LogP contribution in [-0.4, -0.2) is 37.2 Å². The van der Waals surface area contributed by atoms with E-state index in [2.05, 4.69) is 80.6 Å². The smallest absolute Gasteiger partial charge is 0.319 e. The molecule has 2 amide bonds. The number of primary amides is 1. The molecule has 180 valence electrons. The Kier molecular flexibility index (Phi) is 7.25. The third-order valence-corrected chi connectivity index (χ3v) is 7.03. The van der Waals surface area contributed by atoms with Crippen molar-refractivity contribution in [3.8, 4) is 0 Å². The summed E-state index contributed by atoms with van der Waals surface area (Å²) in [6.45, 7) is 4.27. The van der Waals surface area contributed by atoms with Crippen LogP contribution in [0.4, 0.5) is 22.0 Å². The molecule has 6 heteroatoms. The average Bonchev–Trinajstić information content (AvgIpc) is 2.84. The number of nitrogens with zero attached hydrogens (tertiary/aromatic N) is 3. The average molecular weight is 460 g/mol. The molecule has 3 N–H and O–H groups in total. The summed E-state index contributed by atoms with van der Waals surface area (Å²) >= 11 is 0. The van der Waals surface area contributed by atoms with Crippen molar-refractivity contribution in [1.82, 2.24) is 4.98 Å². The minimum Gasteiger partial charge on any atom is -0.377 e. The van der Waals surface area contributed by atoms with Gasteiger partial charge in [0.05, 0.1) is 11.2 Å². The Bertz CT molecular complexity index is 1130. The van der Waals surface area contributed by atoms with E-state index in [1.165, 1.54) is 11.1 Å². The second kappa shape index (κ2) is 10.3. The van der Waals surface area contributed by atoms with Crippen molar-refractivity contribution in [3.63, 3.8) is 0 Å². The molecule has 1 aliphatic rings. The first-order valence-electron chi connectivity index (χ1n) is 12.5. The van der Waals surface area contributed by atoms with Gasteiger partial charge in [-0.2, -0.15) is 0 Å². The molecular weight excluding hydrogens is 422 g/mol. The number of urea groups is 1. The topological polar surface area (TPSA) is 74.5 Å². The Morgan fingerprint density at radius 3 is 2.24 bits per heavy atom. The second-order valence-electron chi connectivity index (χ2n) is 9.43. The van der Waals surface area contributed by atoms with Gasteiger partial charge in [0.15, 0.2) is 0 Å². The van der Waals surface area contributed by atoms with Crippen LogP contribution >= 0.6 is 0 Å². The third kappa shape index (κ3) is 4.81. The normalized spacial score (nSPS) is 18.0. The SMILES string of the molecule is CCc1cccc(CC)c1N(C(N)=O)C1CCC(Nc2cc(N(C)C)c3ccccc3n2)CC1. The standard InChI is InChI=1S/C28H37N5O/c1-5-19-10-9-11-20(6-2)27(19)33(28(29)34)22-16-14-21(15-17-22)30-26-18-25(32(3)4)23-12-7-8-13-24(23)31-26/h7-13,18,21-22H,5-6,14-17H2,1-4H3,(H2,29,34)(H,30,31). The van der Waals surface area contributed by atoms with E-state index in [4.69, 9.17) is 10.7 Å². The lowest BCUT2D eigenvalue weighted by atomic mass is 9.89. The van der Waals surface area contributed by atoms with Crippen LogP contribution in [-0.2, 0) is 12.8 Å². The van der Waals surface area contributed by atoms with Crippen molar-refractivity contribution in [2.45, 2.75) is 64.5 Å². The van der Waals surface area contributed by atoms with Gasteiger partial charge >= 0.3 is 6.03 Å². The number of para-hydroxylation sites is 2. The van der Waals surface area contributed by atoms with Crippen LogP contribution in [0.2, 0.25) is 0 Å². The number of carbonyl (C=O) groups excluding carboxylic acids is 1. The molecule has 1 aromatic heterocycles. The number of anilines is 3. The number of fused-ring (bicyclic) bond motifs is 1. The van der Waals surface area contributed by atoms with E-state index in [0.717, 1.165) is 66.6 Å². The molecule has 1 heterocycles. The fraction of sp³-hybridized carbons (Fsp3) is 0.429. The zero-order chi connectivity index (χ0) is 24.2. The van der Waals surface area contributed by atoms with Gasteiger partial charge in [-0.25, -0.2) is 9.78 Å². The predicted octanol–water partition coefficient (Wildman–Crippen LogP) is 5.73. The number of carbonyl (C=O) groups is 1. The zero-order valence-electron chi connectivity index (χ0n) is 20.8. The molecule has 1 fully saturated rings. The minimum absolute atomic E-state index is 0.121. The van der Waals surface area contributed by atoms with Crippen LogP contribution in [0.3, 0.4) is 0 Å². The van der Waals surface area contributed by atoms with Crippen molar-refractivity contribution < 1.29 is 4.79 Å². The molecule has 1 saturated carbocycles. The van der Waals surface area contributed by atoms with Crippen molar-refractivity contribution in [1.29, 1.82) is 0 Å². The Labute approximate surface area is 203 Å². The van der Waals surface area contributed by atoms with Crippen molar-refractivity contribution in [2.75, 3.05) is 29.2 Å². The molecule has 0 atom stereocenters. The highest BCUT2D eigenvalue weighted by Gasteiger charge is 2.31. The largest absolute Gasteiger partial charge is 0.377 e. The first-order chi connectivity index (χ1) is 16.4. The Morgan fingerprint density at radius 1 is 1.00 bits per heavy atom. The molecule has 0 unspecified atom stereocenters. The highest BCUT2D eigenvalue weighted by atomic mass is 16.2. The number of hydrogen-bond acceptors (Lipinski definition) is 4. The summed E-state index contributed by atoms with van der Waals surface area (Å²) in [6.07, 6.45) is 5.52. The highest BCUT2D eigenvalue weighted by Crippen LogP contribution is 2.34. The molecule has 0 saturated heterocycles. The molecule has 6 nitrogen and oxygen atoms in total. The molecule has 0 bridgehead atoms. The van der Waals surface area contributed by atoms with Crippen LogP contribution in [0.5, 0.6) is 0 Å². The third-order valence-electron chi connectivity index (χ3n) is 7.03. The fourth-order valence-electron chi connectivity index (χ4n) is 5.29. The number of nitrogens with one attached hydrogen (secondary N) is 1. The number of rotatable bonds is 7. The maximum atomic E-state index is 12.7. The van der Waals surface area contributed by atoms with Crippen molar-refractivity contribution in [2.24, 2.45) is 5.73 Å². The van der Waals surface area contributed by atoms with Gasteiger partial charge in [0, 0.05) is 43.3 Å². The van der Waals surface area contributed by atoms with E-state index in [0.29, 0.717) is 6.04 Å². The quantitative estimate of drug-likeness (QED) is 0.473. The molecule has 2 aromatic carbocycles. The van der Waals surface area contributed by atoms with Gasteiger partial charge in [0.25, 0.3) is 0 Å². The molecule has 0 radical (unpaired) electrons. The lowest BCUT2D eigenvalue weighted by molar-refractivity contribution is 0.248. The summed E-state index contributed by atoms with van der Waals surface area (Å²) in [6, 6.07) is 16.8. The monoisotopic (exact) mass is 459 g/mol. The van der Waals surface area contributed by atoms with Crippen LogP contribution in [0, 0.1) is 0 Å². The number of nitrogens with two attached hydrogens (primary N) is 1. The number of amides is 2. The highest BCUT2D eigenvalue weighted by molar-refractivity contribution is 5.94. The van der Waals surface area contributed by atoms with Gasteiger partial charge in [0.1, 0.15) is 5.82 Å². The predicted molar refractivity (Wildman–Crippen MR) is 143 cm³/mol. The number of benzene rings is 2. The maximum Gasteiger partial charge on any atom is 0.319 e. The van der Waals surface area contributed by atoms with Gasteiger partial charge in [-0.1, -0.05) is 50.2 Å². The van der Waals surface area contributed by atoms with Crippen molar-refractivity contribution >= 4 is 34.1 Å². The Morgan fingerprint density at radius 2 is 1.65 bits per heavy atom. The fourth-order valence-corrected chi connectivity index (χ4v) is 5.29.